The molecule has 2 aromatic rings. The molecule has 0 radical (unpaired) electrons. The smallest absolute Gasteiger partial charge is 0.328 e. The number of benzene rings is 2. The van der Waals surface area contributed by atoms with Crippen LogP contribution in [0.4, 0.5) is 14.9 Å². The Morgan fingerprint density at radius 3 is 2.61 bits per heavy atom. The van der Waals surface area contributed by atoms with Crippen molar-refractivity contribution in [3.05, 3.63) is 59.9 Å². The molecule has 2 heterocycles. The molecular formula is C29H37FN4O2. The molecule has 0 unspecified atom stereocenters. The number of rotatable bonds is 7. The fourth-order valence-corrected chi connectivity index (χ4v) is 5.85. The number of likely N-dealkylation sites (tertiary alicyclic amines) is 1. The van der Waals surface area contributed by atoms with Crippen molar-refractivity contribution in [1.29, 1.82) is 0 Å². The summed E-state index contributed by atoms with van der Waals surface area (Å²) in [5.41, 5.74) is 1.25. The van der Waals surface area contributed by atoms with Crippen LogP contribution in [0.3, 0.4) is 0 Å². The number of hydrogen-bond donors (Lipinski definition) is 1. The van der Waals surface area contributed by atoms with E-state index in [-0.39, 0.29) is 17.9 Å². The van der Waals surface area contributed by atoms with Crippen LogP contribution in [0.2, 0.25) is 0 Å². The number of nitrogens with one attached hydrogen (secondary N) is 1. The third-order valence-corrected chi connectivity index (χ3v) is 7.71. The zero-order chi connectivity index (χ0) is 25.0. The monoisotopic (exact) mass is 492 g/mol. The maximum atomic E-state index is 14.2. The number of ether oxygens (including phenoxy) is 1. The number of piperidine rings is 1. The first-order valence-corrected chi connectivity index (χ1v) is 13.5. The number of amides is 2. The summed E-state index contributed by atoms with van der Waals surface area (Å²) in [5.74, 6) is 1.35. The van der Waals surface area contributed by atoms with Gasteiger partial charge in [-0.1, -0.05) is 44.4 Å². The average Bonchev–Trinajstić information content (AvgIpc) is 3.15. The number of nitrogens with zero attached hydrogens (tertiary/aromatic N) is 3. The molecule has 1 spiro atoms. The molecule has 2 saturated heterocycles. The first kappa shape index (κ1) is 24.8. The minimum atomic E-state index is -0.565. The van der Waals surface area contributed by atoms with E-state index in [0.717, 1.165) is 69.9 Å². The molecule has 0 bridgehead atoms. The van der Waals surface area contributed by atoms with E-state index in [1.165, 1.54) is 37.0 Å². The highest BCUT2D eigenvalue weighted by molar-refractivity contribution is 6.19. The summed E-state index contributed by atoms with van der Waals surface area (Å²) in [7, 11) is 0. The average molecular weight is 493 g/mol. The molecule has 6 nitrogen and oxygen atoms in total. The lowest BCUT2D eigenvalue weighted by Gasteiger charge is -2.44. The van der Waals surface area contributed by atoms with E-state index in [9.17, 15) is 9.18 Å². The van der Waals surface area contributed by atoms with Gasteiger partial charge in [0.1, 0.15) is 22.9 Å². The Morgan fingerprint density at radius 1 is 1.08 bits per heavy atom. The van der Waals surface area contributed by atoms with Gasteiger partial charge in [0, 0.05) is 25.3 Å². The van der Waals surface area contributed by atoms with Gasteiger partial charge in [0.05, 0.1) is 12.6 Å². The van der Waals surface area contributed by atoms with E-state index in [1.54, 1.807) is 11.0 Å². The molecule has 7 heteroatoms. The highest BCUT2D eigenvalue weighted by Crippen LogP contribution is 2.39. The van der Waals surface area contributed by atoms with Crippen LogP contribution in [-0.2, 0) is 6.54 Å². The van der Waals surface area contributed by atoms with Crippen molar-refractivity contribution in [3.8, 4) is 5.75 Å². The molecule has 1 N–H and O–H groups in total. The Hall–Kier alpha value is -2.93. The highest BCUT2D eigenvalue weighted by Gasteiger charge is 2.53. The molecule has 1 aliphatic carbocycles. The van der Waals surface area contributed by atoms with Gasteiger partial charge in [0.15, 0.2) is 0 Å². The van der Waals surface area contributed by atoms with Gasteiger partial charge in [-0.2, -0.15) is 0 Å². The van der Waals surface area contributed by atoms with Crippen molar-refractivity contribution in [2.75, 3.05) is 24.6 Å². The van der Waals surface area contributed by atoms with E-state index in [0.29, 0.717) is 5.69 Å². The summed E-state index contributed by atoms with van der Waals surface area (Å²) >= 11 is 0. The third kappa shape index (κ3) is 5.26. The summed E-state index contributed by atoms with van der Waals surface area (Å²) in [6, 6.07) is 14.7. The number of anilines is 1. The molecule has 2 amide bonds. The molecular weight excluding hydrogens is 455 g/mol. The number of hydrogen-bond acceptors (Lipinski definition) is 4. The van der Waals surface area contributed by atoms with Gasteiger partial charge in [0.25, 0.3) is 0 Å². The van der Waals surface area contributed by atoms with Gasteiger partial charge in [-0.15, -0.1) is 0 Å². The number of carbonyl (C=O) groups is 1. The molecule has 2 aliphatic heterocycles. The molecule has 0 aromatic heterocycles. The maximum absolute atomic E-state index is 14.2. The second-order valence-electron chi connectivity index (χ2n) is 10.3. The van der Waals surface area contributed by atoms with Crippen LogP contribution in [0.25, 0.3) is 0 Å². The van der Waals surface area contributed by atoms with Gasteiger partial charge >= 0.3 is 6.03 Å². The van der Waals surface area contributed by atoms with E-state index >= 15 is 0 Å². The van der Waals surface area contributed by atoms with Crippen molar-refractivity contribution in [2.45, 2.75) is 76.4 Å². The molecule has 3 aliphatic rings. The highest BCUT2D eigenvalue weighted by atomic mass is 19.1. The number of aliphatic imine (C=N–C) groups is 1. The van der Waals surface area contributed by atoms with Gasteiger partial charge in [-0.3, -0.25) is 20.1 Å². The predicted molar refractivity (Wildman–Crippen MR) is 141 cm³/mol. The normalized spacial score (nSPS) is 21.8. The van der Waals surface area contributed by atoms with Crippen molar-refractivity contribution in [2.24, 2.45) is 4.99 Å². The number of urea groups is 1. The second-order valence-corrected chi connectivity index (χ2v) is 10.3. The third-order valence-electron chi connectivity index (χ3n) is 7.71. The Kier molecular flexibility index (Phi) is 7.56. The Balaban J connectivity index is 1.37. The lowest BCUT2D eigenvalue weighted by atomic mass is 9.84. The van der Waals surface area contributed by atoms with Crippen LogP contribution >= 0.6 is 0 Å². The van der Waals surface area contributed by atoms with Gasteiger partial charge < -0.3 is 4.74 Å². The molecule has 1 saturated carbocycles. The summed E-state index contributed by atoms with van der Waals surface area (Å²) < 4.78 is 20.0. The topological polar surface area (TPSA) is 57.2 Å². The molecule has 36 heavy (non-hydrogen) atoms. The molecule has 5 rings (SSSR count). The van der Waals surface area contributed by atoms with Gasteiger partial charge in [0.2, 0.25) is 0 Å². The first-order chi connectivity index (χ1) is 17.6. The van der Waals surface area contributed by atoms with Crippen molar-refractivity contribution >= 4 is 17.6 Å². The van der Waals surface area contributed by atoms with E-state index in [1.807, 2.05) is 18.2 Å². The minimum Gasteiger partial charge on any atom is -0.494 e. The lowest BCUT2D eigenvalue weighted by molar-refractivity contribution is 0.184. The van der Waals surface area contributed by atoms with Crippen molar-refractivity contribution in [3.63, 3.8) is 0 Å². The predicted octanol–water partition coefficient (Wildman–Crippen LogP) is 5.91. The standard InChI is InChI=1S/C29H37FN4O2/c1-2-18-36-26-13-6-8-22(19-26)21-33-16-14-29(15-17-33)27(31-24-10-4-3-5-11-24)32-28(35)34(29)25-12-7-9-23(30)20-25/h6-9,12-13,19-20,24H,2-5,10-11,14-18,21H2,1H3,(H,31,32,35). The number of carbonyl (C=O) groups excluding carboxylic acids is 1. The fourth-order valence-electron chi connectivity index (χ4n) is 5.85. The minimum absolute atomic E-state index is 0.204. The Bertz CT molecular complexity index is 1090. The zero-order valence-corrected chi connectivity index (χ0v) is 21.2. The lowest BCUT2D eigenvalue weighted by Crippen LogP contribution is -2.57. The van der Waals surface area contributed by atoms with Crippen molar-refractivity contribution < 1.29 is 13.9 Å². The molecule has 0 atom stereocenters. The van der Waals surface area contributed by atoms with E-state index < -0.39 is 5.54 Å². The fraction of sp³-hybridized carbons (Fsp3) is 0.517. The number of halogens is 1. The van der Waals surface area contributed by atoms with Crippen LogP contribution < -0.4 is 15.0 Å². The summed E-state index contributed by atoms with van der Waals surface area (Å²) in [6.45, 7) is 5.30. The van der Waals surface area contributed by atoms with Crippen LogP contribution in [0.1, 0.15) is 63.9 Å². The summed E-state index contributed by atoms with van der Waals surface area (Å²) in [6.07, 6.45) is 8.25. The molecule has 3 fully saturated rings. The van der Waals surface area contributed by atoms with Crippen molar-refractivity contribution in [1.82, 2.24) is 10.2 Å². The SMILES string of the molecule is CCCOc1cccc(CN2CCC3(CC2)C(=NC2CCCCC2)NC(=O)N3c2cccc(F)c2)c1. The first-order valence-electron chi connectivity index (χ1n) is 13.5. The van der Waals surface area contributed by atoms with Crippen LogP contribution in [0.5, 0.6) is 5.75 Å². The van der Waals surface area contributed by atoms with E-state index in [2.05, 4.69) is 29.3 Å². The Labute approximate surface area is 213 Å². The van der Waals surface area contributed by atoms with Gasteiger partial charge in [-0.05, 0) is 68.0 Å². The van der Waals surface area contributed by atoms with Crippen LogP contribution in [-0.4, -0.2) is 48.0 Å². The molecule has 2 aromatic carbocycles. The van der Waals surface area contributed by atoms with E-state index in [4.69, 9.17) is 9.73 Å². The van der Waals surface area contributed by atoms with Crippen LogP contribution in [0.15, 0.2) is 53.5 Å². The zero-order valence-electron chi connectivity index (χ0n) is 21.2. The summed E-state index contributed by atoms with van der Waals surface area (Å²) in [5, 5.41) is 3.10. The maximum Gasteiger partial charge on any atom is 0.328 e. The molecule has 192 valence electrons. The van der Waals surface area contributed by atoms with Crippen LogP contribution in [0, 0.1) is 5.82 Å². The van der Waals surface area contributed by atoms with Gasteiger partial charge in [-0.25, -0.2) is 9.18 Å². The Morgan fingerprint density at radius 2 is 1.86 bits per heavy atom. The summed E-state index contributed by atoms with van der Waals surface area (Å²) in [4.78, 5) is 22.6. The largest absolute Gasteiger partial charge is 0.494 e. The second kappa shape index (κ2) is 11.0. The quantitative estimate of drug-likeness (QED) is 0.523. The number of amidine groups is 1.